The van der Waals surface area contributed by atoms with E-state index in [2.05, 4.69) is 62.3 Å². The molecule has 0 fully saturated rings. The molecule has 0 amide bonds. The molecule has 0 heteroatoms. The molecule has 0 bridgehead atoms. The topological polar surface area (TPSA) is 0 Å². The molecule has 0 aliphatic heterocycles. The van der Waals surface area contributed by atoms with E-state index in [1.54, 1.807) is 5.57 Å². The number of hydrogen-bond donors (Lipinski definition) is 0. The van der Waals surface area contributed by atoms with Crippen molar-refractivity contribution < 1.29 is 0 Å². The summed E-state index contributed by atoms with van der Waals surface area (Å²) in [6.45, 7) is 21.2. The fourth-order valence-electron chi connectivity index (χ4n) is 2.85. The second-order valence-electron chi connectivity index (χ2n) is 8.20. The molecule has 2 unspecified atom stereocenters. The van der Waals surface area contributed by atoms with Crippen LogP contribution in [0, 0.1) is 29.6 Å². The molecule has 0 heterocycles. The van der Waals surface area contributed by atoms with Crippen LogP contribution in [0.3, 0.4) is 0 Å². The van der Waals surface area contributed by atoms with E-state index in [-0.39, 0.29) is 0 Å². The average Bonchev–Trinajstić information content (AvgIpc) is 2.31. The molecule has 0 saturated carbocycles. The van der Waals surface area contributed by atoms with E-state index >= 15 is 0 Å². The van der Waals surface area contributed by atoms with E-state index in [1.807, 2.05) is 0 Å². The van der Waals surface area contributed by atoms with Gasteiger partial charge in [-0.25, -0.2) is 0 Å². The molecule has 120 valence electrons. The predicted octanol–water partition coefficient (Wildman–Crippen LogP) is 7.10. The highest BCUT2D eigenvalue weighted by atomic mass is 14.3. The third-order valence-electron chi connectivity index (χ3n) is 5.03. The first-order valence-electron chi connectivity index (χ1n) is 8.78. The monoisotopic (exact) mass is 280 g/mol. The quantitative estimate of drug-likeness (QED) is 0.395. The Balaban J connectivity index is 4.71. The lowest BCUT2D eigenvalue weighted by Crippen LogP contribution is -2.19. The summed E-state index contributed by atoms with van der Waals surface area (Å²) < 4.78 is 0. The van der Waals surface area contributed by atoms with Crippen molar-refractivity contribution in [2.24, 2.45) is 29.6 Å². The van der Waals surface area contributed by atoms with Crippen LogP contribution in [0.15, 0.2) is 11.1 Å². The molecule has 0 rings (SSSR count). The van der Waals surface area contributed by atoms with Gasteiger partial charge in [0.05, 0.1) is 0 Å². The van der Waals surface area contributed by atoms with E-state index in [0.29, 0.717) is 0 Å². The first kappa shape index (κ1) is 19.7. The van der Waals surface area contributed by atoms with Gasteiger partial charge in [-0.15, -0.1) is 0 Å². The lowest BCUT2D eigenvalue weighted by molar-refractivity contribution is 0.228. The highest BCUT2D eigenvalue weighted by Crippen LogP contribution is 2.33. The molecule has 0 radical (unpaired) electrons. The van der Waals surface area contributed by atoms with Crippen LogP contribution < -0.4 is 0 Å². The molecule has 0 aliphatic carbocycles. The molecule has 0 saturated heterocycles. The maximum Gasteiger partial charge on any atom is -0.0290 e. The number of rotatable bonds is 9. The summed E-state index contributed by atoms with van der Waals surface area (Å²) in [5.74, 6) is 4.21. The van der Waals surface area contributed by atoms with Gasteiger partial charge in [0.2, 0.25) is 0 Å². The van der Waals surface area contributed by atoms with E-state index < -0.39 is 0 Å². The smallest absolute Gasteiger partial charge is 0.0290 e. The van der Waals surface area contributed by atoms with E-state index in [4.69, 9.17) is 0 Å². The SMILES string of the molecule is CC(C)=C(C)CC(CC(CCC(C)C)C(C)C)C(C)C. The van der Waals surface area contributed by atoms with Crippen molar-refractivity contribution in [2.45, 2.75) is 88.0 Å². The maximum absolute atomic E-state index is 2.41. The Kier molecular flexibility index (Phi) is 9.51. The summed E-state index contributed by atoms with van der Waals surface area (Å²) in [5.41, 5.74) is 3.12. The summed E-state index contributed by atoms with van der Waals surface area (Å²) in [7, 11) is 0. The van der Waals surface area contributed by atoms with Gasteiger partial charge in [0.15, 0.2) is 0 Å². The standard InChI is InChI=1S/C20H40/c1-14(2)10-11-19(16(5)6)13-20(17(7)8)12-18(9)15(3)4/h14,16-17,19-20H,10-13H2,1-9H3. The minimum atomic E-state index is 0.796. The second-order valence-corrected chi connectivity index (χ2v) is 8.20. The van der Waals surface area contributed by atoms with Crippen LogP contribution in [-0.4, -0.2) is 0 Å². The lowest BCUT2D eigenvalue weighted by atomic mass is 9.76. The highest BCUT2D eigenvalue weighted by molar-refractivity contribution is 5.07. The Morgan fingerprint density at radius 3 is 1.55 bits per heavy atom. The molecule has 0 spiro atoms. The zero-order valence-corrected chi connectivity index (χ0v) is 15.7. The van der Waals surface area contributed by atoms with E-state index in [0.717, 1.165) is 29.6 Å². The van der Waals surface area contributed by atoms with Gasteiger partial charge < -0.3 is 0 Å². The van der Waals surface area contributed by atoms with Gasteiger partial charge in [0.1, 0.15) is 0 Å². The van der Waals surface area contributed by atoms with Crippen molar-refractivity contribution in [1.82, 2.24) is 0 Å². The number of hydrogen-bond acceptors (Lipinski definition) is 0. The molecule has 20 heavy (non-hydrogen) atoms. The normalized spacial score (nSPS) is 15.0. The van der Waals surface area contributed by atoms with Gasteiger partial charge in [-0.1, -0.05) is 59.1 Å². The van der Waals surface area contributed by atoms with Crippen LogP contribution in [-0.2, 0) is 0 Å². The minimum absolute atomic E-state index is 0.796. The number of allylic oxidation sites excluding steroid dienone is 2. The van der Waals surface area contributed by atoms with Crippen LogP contribution in [0.5, 0.6) is 0 Å². The van der Waals surface area contributed by atoms with Gasteiger partial charge in [0, 0.05) is 0 Å². The second kappa shape index (κ2) is 9.64. The fourth-order valence-corrected chi connectivity index (χ4v) is 2.85. The third-order valence-corrected chi connectivity index (χ3v) is 5.03. The molecule has 0 aromatic rings. The fraction of sp³-hybridized carbons (Fsp3) is 0.900. The predicted molar refractivity (Wildman–Crippen MR) is 94.0 cm³/mol. The van der Waals surface area contributed by atoms with Gasteiger partial charge in [-0.3, -0.25) is 0 Å². The van der Waals surface area contributed by atoms with Gasteiger partial charge >= 0.3 is 0 Å². The molecule has 0 aliphatic rings. The largest absolute Gasteiger partial charge is 0.0775 e. The van der Waals surface area contributed by atoms with Crippen molar-refractivity contribution in [3.8, 4) is 0 Å². The van der Waals surface area contributed by atoms with Gasteiger partial charge in [0.25, 0.3) is 0 Å². The molecule has 0 N–H and O–H groups in total. The summed E-state index contributed by atoms with van der Waals surface area (Å²) in [6.07, 6.45) is 5.50. The van der Waals surface area contributed by atoms with E-state index in [9.17, 15) is 0 Å². The molecule has 0 nitrogen and oxygen atoms in total. The van der Waals surface area contributed by atoms with Gasteiger partial charge in [-0.2, -0.15) is 0 Å². The zero-order valence-electron chi connectivity index (χ0n) is 15.7. The van der Waals surface area contributed by atoms with Crippen molar-refractivity contribution in [2.75, 3.05) is 0 Å². The van der Waals surface area contributed by atoms with Crippen molar-refractivity contribution in [3.63, 3.8) is 0 Å². The Labute approximate surface area is 129 Å². The minimum Gasteiger partial charge on any atom is -0.0775 e. The summed E-state index contributed by atoms with van der Waals surface area (Å²) in [4.78, 5) is 0. The Morgan fingerprint density at radius 2 is 1.20 bits per heavy atom. The molecule has 2 atom stereocenters. The average molecular weight is 281 g/mol. The Morgan fingerprint density at radius 1 is 0.700 bits per heavy atom. The molecular formula is C20H40. The Bertz CT molecular complexity index is 276. The first-order valence-corrected chi connectivity index (χ1v) is 8.78. The van der Waals surface area contributed by atoms with Gasteiger partial charge in [-0.05, 0) is 69.6 Å². The third kappa shape index (κ3) is 8.12. The van der Waals surface area contributed by atoms with Crippen molar-refractivity contribution in [1.29, 1.82) is 0 Å². The summed E-state index contributed by atoms with van der Waals surface area (Å²) in [6, 6.07) is 0. The maximum atomic E-state index is 2.41. The van der Waals surface area contributed by atoms with Crippen LogP contribution in [0.2, 0.25) is 0 Å². The zero-order chi connectivity index (χ0) is 15.9. The van der Waals surface area contributed by atoms with E-state index in [1.165, 1.54) is 31.3 Å². The molecule has 0 aromatic carbocycles. The lowest BCUT2D eigenvalue weighted by Gasteiger charge is -2.30. The van der Waals surface area contributed by atoms with Crippen molar-refractivity contribution in [3.05, 3.63) is 11.1 Å². The molecular weight excluding hydrogens is 240 g/mol. The van der Waals surface area contributed by atoms with Crippen LogP contribution in [0.4, 0.5) is 0 Å². The van der Waals surface area contributed by atoms with Crippen LogP contribution in [0.1, 0.15) is 88.0 Å². The first-order chi connectivity index (χ1) is 9.15. The molecule has 0 aromatic heterocycles. The summed E-state index contributed by atoms with van der Waals surface area (Å²) in [5, 5.41) is 0. The Hall–Kier alpha value is -0.260. The summed E-state index contributed by atoms with van der Waals surface area (Å²) >= 11 is 0. The van der Waals surface area contributed by atoms with Crippen molar-refractivity contribution >= 4 is 0 Å². The van der Waals surface area contributed by atoms with Crippen LogP contribution >= 0.6 is 0 Å². The van der Waals surface area contributed by atoms with Crippen LogP contribution in [0.25, 0.3) is 0 Å². The highest BCUT2D eigenvalue weighted by Gasteiger charge is 2.22.